The van der Waals surface area contributed by atoms with E-state index in [1.807, 2.05) is 0 Å². The van der Waals surface area contributed by atoms with Crippen molar-refractivity contribution in [2.75, 3.05) is 0 Å². The Morgan fingerprint density at radius 1 is 1.40 bits per heavy atom. The molecule has 0 fully saturated rings. The molecule has 48 valence electrons. The number of rotatable bonds is 0. The minimum atomic E-state index is 0.804. The zero-order valence-electron chi connectivity index (χ0n) is 4.92. The van der Waals surface area contributed by atoms with Crippen LogP contribution in [0, 0.1) is 0 Å². The number of nitrogens with zero attached hydrogens (tertiary/aromatic N) is 3. The fraction of sp³-hybridized carbons (Fsp3) is 0. The SMILES string of the molecule is c1nc2[nH]c1c1[nH]nnc21. The summed E-state index contributed by atoms with van der Waals surface area (Å²) in [7, 11) is 0. The molecule has 2 N–H and O–H groups in total. The molecule has 10 heavy (non-hydrogen) atoms. The summed E-state index contributed by atoms with van der Waals surface area (Å²) in [5.74, 6) is 0. The summed E-state index contributed by atoms with van der Waals surface area (Å²) in [5.41, 5.74) is 3.55. The molecule has 5 nitrogen and oxygen atoms in total. The second-order valence-electron chi connectivity index (χ2n) is 2.18. The van der Waals surface area contributed by atoms with Crippen LogP contribution in [-0.4, -0.2) is 25.4 Å². The summed E-state index contributed by atoms with van der Waals surface area (Å²) in [6.45, 7) is 0. The summed E-state index contributed by atoms with van der Waals surface area (Å²) in [5, 5.41) is 10.3. The molecular formula is C5H3N5. The number of aromatic nitrogens is 5. The van der Waals surface area contributed by atoms with Crippen molar-refractivity contribution in [1.29, 1.82) is 0 Å². The predicted octanol–water partition coefficient (Wildman–Crippen LogP) is 0.272. The van der Waals surface area contributed by atoms with Gasteiger partial charge in [0.15, 0.2) is 11.2 Å². The zero-order chi connectivity index (χ0) is 6.55. The van der Waals surface area contributed by atoms with Crippen molar-refractivity contribution in [3.8, 4) is 0 Å². The Labute approximate surface area is 54.8 Å². The maximum absolute atomic E-state index is 4.04. The van der Waals surface area contributed by atoms with Crippen LogP contribution >= 0.6 is 0 Å². The van der Waals surface area contributed by atoms with Gasteiger partial charge in [-0.2, -0.15) is 0 Å². The van der Waals surface area contributed by atoms with Gasteiger partial charge in [0.05, 0.1) is 11.7 Å². The molecule has 0 saturated carbocycles. The number of hydrogen-bond donors (Lipinski definition) is 2. The summed E-state index contributed by atoms with van der Waals surface area (Å²) in [6.07, 6.45) is 1.76. The van der Waals surface area contributed by atoms with Crippen LogP contribution in [-0.2, 0) is 0 Å². The van der Waals surface area contributed by atoms with Gasteiger partial charge in [0.2, 0.25) is 0 Å². The molecule has 0 saturated heterocycles. The maximum Gasteiger partial charge on any atom is 0.160 e. The zero-order valence-corrected chi connectivity index (χ0v) is 4.92. The summed E-state index contributed by atoms with van der Waals surface area (Å²) in [4.78, 5) is 7.09. The molecule has 0 amide bonds. The summed E-state index contributed by atoms with van der Waals surface area (Å²) in [6, 6.07) is 0. The van der Waals surface area contributed by atoms with Gasteiger partial charge < -0.3 is 4.98 Å². The molecule has 3 aromatic rings. The van der Waals surface area contributed by atoms with Crippen LogP contribution in [0.25, 0.3) is 22.2 Å². The van der Waals surface area contributed by atoms with E-state index in [0.29, 0.717) is 0 Å². The van der Waals surface area contributed by atoms with Gasteiger partial charge in [-0.3, -0.25) is 5.10 Å². The van der Waals surface area contributed by atoms with Gasteiger partial charge in [0.1, 0.15) is 5.52 Å². The lowest BCUT2D eigenvalue weighted by Gasteiger charge is -1.74. The van der Waals surface area contributed by atoms with Crippen molar-refractivity contribution in [3.63, 3.8) is 0 Å². The highest BCUT2D eigenvalue weighted by Crippen LogP contribution is 2.19. The van der Waals surface area contributed by atoms with Crippen LogP contribution in [0.2, 0.25) is 0 Å². The molecule has 0 aliphatic carbocycles. The molecule has 0 aliphatic rings. The molecule has 3 aromatic heterocycles. The molecule has 3 heterocycles. The average molecular weight is 133 g/mol. The van der Waals surface area contributed by atoms with Gasteiger partial charge >= 0.3 is 0 Å². The van der Waals surface area contributed by atoms with E-state index in [0.717, 1.165) is 22.2 Å². The molecular weight excluding hydrogens is 130 g/mol. The smallest absolute Gasteiger partial charge is 0.160 e. The van der Waals surface area contributed by atoms with Crippen molar-refractivity contribution >= 4 is 22.2 Å². The van der Waals surface area contributed by atoms with Crippen LogP contribution in [0.3, 0.4) is 0 Å². The van der Waals surface area contributed by atoms with E-state index in [2.05, 4.69) is 25.4 Å². The minimum Gasteiger partial charge on any atom is -0.335 e. The fourth-order valence-corrected chi connectivity index (χ4v) is 1.15. The lowest BCUT2D eigenvalue weighted by Crippen LogP contribution is -1.68. The van der Waals surface area contributed by atoms with E-state index in [4.69, 9.17) is 0 Å². The normalized spacial score (nSPS) is 12.0. The number of pyridine rings is 1. The Kier molecular flexibility index (Phi) is 0.467. The lowest BCUT2D eigenvalue weighted by molar-refractivity contribution is 0.959. The van der Waals surface area contributed by atoms with E-state index < -0.39 is 0 Å². The average Bonchev–Trinajstić information content (AvgIpc) is 2.60. The number of H-pyrrole nitrogens is 2. The molecule has 5 heteroatoms. The number of aromatic amines is 2. The Balaban J connectivity index is 2.88. The molecule has 0 aromatic carbocycles. The topological polar surface area (TPSA) is 70.2 Å². The molecule has 0 aliphatic heterocycles. The molecule has 0 radical (unpaired) electrons. The summed E-state index contributed by atoms with van der Waals surface area (Å²) >= 11 is 0. The second kappa shape index (κ2) is 1.11. The highest BCUT2D eigenvalue weighted by molar-refractivity contribution is 6.01. The van der Waals surface area contributed by atoms with Gasteiger partial charge in [-0.25, -0.2) is 4.98 Å². The van der Waals surface area contributed by atoms with Crippen LogP contribution in [0.5, 0.6) is 0 Å². The second-order valence-corrected chi connectivity index (χ2v) is 2.18. The first-order valence-electron chi connectivity index (χ1n) is 2.92. The van der Waals surface area contributed by atoms with Gasteiger partial charge in [0.25, 0.3) is 0 Å². The highest BCUT2D eigenvalue weighted by atomic mass is 15.3. The Morgan fingerprint density at radius 2 is 2.40 bits per heavy atom. The van der Waals surface area contributed by atoms with Crippen LogP contribution in [0.15, 0.2) is 6.20 Å². The van der Waals surface area contributed by atoms with Crippen molar-refractivity contribution in [1.82, 2.24) is 25.4 Å². The Hall–Kier alpha value is -1.65. The lowest BCUT2D eigenvalue weighted by atomic mass is 10.4. The van der Waals surface area contributed by atoms with E-state index >= 15 is 0 Å². The predicted molar refractivity (Wildman–Crippen MR) is 34.7 cm³/mol. The van der Waals surface area contributed by atoms with E-state index in [9.17, 15) is 0 Å². The quantitative estimate of drug-likeness (QED) is 0.462. The van der Waals surface area contributed by atoms with Crippen molar-refractivity contribution in [2.24, 2.45) is 0 Å². The highest BCUT2D eigenvalue weighted by Gasteiger charge is 2.09. The standard InChI is InChI=1S/C5H3N5/c1-2-3-4(9-10-8-3)5(6-1)7-2/h1H,(H,6,7)(H,8,9,10). The van der Waals surface area contributed by atoms with E-state index in [1.54, 1.807) is 6.20 Å². The minimum absolute atomic E-state index is 0.804. The summed E-state index contributed by atoms with van der Waals surface area (Å²) < 4.78 is 0. The fourth-order valence-electron chi connectivity index (χ4n) is 1.15. The third kappa shape index (κ3) is 0.283. The third-order valence-electron chi connectivity index (χ3n) is 1.62. The first-order valence-corrected chi connectivity index (χ1v) is 2.92. The Morgan fingerprint density at radius 3 is 3.30 bits per heavy atom. The van der Waals surface area contributed by atoms with E-state index in [1.165, 1.54) is 0 Å². The van der Waals surface area contributed by atoms with Gasteiger partial charge in [-0.1, -0.05) is 5.21 Å². The number of hydrogen-bond acceptors (Lipinski definition) is 3. The number of imidazole rings is 1. The van der Waals surface area contributed by atoms with Crippen LogP contribution in [0.1, 0.15) is 0 Å². The van der Waals surface area contributed by atoms with Crippen LogP contribution < -0.4 is 0 Å². The van der Waals surface area contributed by atoms with Crippen molar-refractivity contribution < 1.29 is 0 Å². The molecule has 0 unspecified atom stereocenters. The first kappa shape index (κ1) is 4.21. The van der Waals surface area contributed by atoms with Gasteiger partial charge in [0, 0.05) is 0 Å². The van der Waals surface area contributed by atoms with Gasteiger partial charge in [-0.15, -0.1) is 5.10 Å². The largest absolute Gasteiger partial charge is 0.335 e. The van der Waals surface area contributed by atoms with Gasteiger partial charge in [-0.05, 0) is 0 Å². The molecule has 3 rings (SSSR count). The molecule has 2 bridgehead atoms. The molecule has 0 atom stereocenters. The van der Waals surface area contributed by atoms with Crippen molar-refractivity contribution in [3.05, 3.63) is 6.20 Å². The molecule has 0 spiro atoms. The Bertz CT molecular complexity index is 424. The monoisotopic (exact) mass is 133 g/mol. The number of nitrogens with one attached hydrogen (secondary N) is 2. The third-order valence-corrected chi connectivity index (χ3v) is 1.62. The van der Waals surface area contributed by atoms with Crippen LogP contribution in [0.4, 0.5) is 0 Å². The van der Waals surface area contributed by atoms with E-state index in [-0.39, 0.29) is 0 Å². The van der Waals surface area contributed by atoms with Crippen molar-refractivity contribution in [2.45, 2.75) is 0 Å². The maximum atomic E-state index is 4.04. The first-order chi connectivity index (χ1) is 4.95. The number of fused-ring (bicyclic) bond motifs is 5.